The third-order valence-electron chi connectivity index (χ3n) is 6.42. The van der Waals surface area contributed by atoms with E-state index in [9.17, 15) is 9.90 Å². The molecule has 0 saturated heterocycles. The lowest BCUT2D eigenvalue weighted by atomic mass is 9.55. The van der Waals surface area contributed by atoms with Crippen molar-refractivity contribution in [3.05, 3.63) is 29.3 Å². The molecule has 2 fully saturated rings. The van der Waals surface area contributed by atoms with Gasteiger partial charge in [0.1, 0.15) is 11.5 Å². The van der Waals surface area contributed by atoms with Crippen molar-refractivity contribution >= 4 is 5.78 Å². The van der Waals surface area contributed by atoms with Crippen LogP contribution < -0.4 is 0 Å². The van der Waals surface area contributed by atoms with Crippen LogP contribution in [0.15, 0.2) is 18.2 Å². The monoisotopic (exact) mass is 270 g/mol. The standard InChI is InChI=1S/C18H22O2/c1-18-9-8-14-13-5-3-12(19)10-11(13)2-4-15(14)16(18)6-7-17(18)20/h3,5,10,14-16,19H,2,4,6-9H2,1H3/t14-,15-,16+,18-/m1/s1. The lowest BCUT2D eigenvalue weighted by molar-refractivity contribution is -0.129. The Kier molecular flexibility index (Phi) is 2.55. The number of phenols is 1. The Bertz CT molecular complexity index is 577. The van der Waals surface area contributed by atoms with Crippen molar-refractivity contribution in [2.24, 2.45) is 17.3 Å². The van der Waals surface area contributed by atoms with Gasteiger partial charge in [0.25, 0.3) is 0 Å². The van der Waals surface area contributed by atoms with Gasteiger partial charge in [0, 0.05) is 11.8 Å². The molecule has 1 aromatic rings. The molecule has 1 aromatic carbocycles. The molecule has 4 atom stereocenters. The Balaban J connectivity index is 1.73. The number of hydrogen-bond donors (Lipinski definition) is 1. The molecule has 0 radical (unpaired) electrons. The second-order valence-electron chi connectivity index (χ2n) is 7.22. The van der Waals surface area contributed by atoms with E-state index in [4.69, 9.17) is 0 Å². The van der Waals surface area contributed by atoms with Crippen molar-refractivity contribution in [1.29, 1.82) is 0 Å². The molecule has 3 aliphatic carbocycles. The molecular weight excluding hydrogens is 248 g/mol. The summed E-state index contributed by atoms with van der Waals surface area (Å²) < 4.78 is 0. The maximum Gasteiger partial charge on any atom is 0.139 e. The first-order chi connectivity index (χ1) is 9.59. The van der Waals surface area contributed by atoms with Crippen LogP contribution in [0.25, 0.3) is 0 Å². The van der Waals surface area contributed by atoms with Gasteiger partial charge in [-0.05, 0) is 73.1 Å². The third kappa shape index (κ3) is 1.54. The summed E-state index contributed by atoms with van der Waals surface area (Å²) in [5.41, 5.74) is 2.75. The highest BCUT2D eigenvalue weighted by Gasteiger charge is 2.54. The summed E-state index contributed by atoms with van der Waals surface area (Å²) >= 11 is 0. The van der Waals surface area contributed by atoms with Gasteiger partial charge in [0.15, 0.2) is 0 Å². The van der Waals surface area contributed by atoms with E-state index < -0.39 is 0 Å². The minimum absolute atomic E-state index is 0.0322. The number of aromatic hydroxyl groups is 1. The van der Waals surface area contributed by atoms with Crippen molar-refractivity contribution in [2.45, 2.75) is 51.4 Å². The molecule has 0 aromatic heterocycles. The van der Waals surface area contributed by atoms with Gasteiger partial charge in [-0.3, -0.25) is 4.79 Å². The number of ketones is 1. The molecule has 20 heavy (non-hydrogen) atoms. The second-order valence-corrected chi connectivity index (χ2v) is 7.22. The average molecular weight is 270 g/mol. The highest BCUT2D eigenvalue weighted by molar-refractivity contribution is 5.87. The van der Waals surface area contributed by atoms with Gasteiger partial charge in [-0.1, -0.05) is 13.0 Å². The van der Waals surface area contributed by atoms with E-state index in [1.165, 1.54) is 17.5 Å². The highest BCUT2D eigenvalue weighted by atomic mass is 16.3. The van der Waals surface area contributed by atoms with E-state index in [0.29, 0.717) is 29.3 Å². The fourth-order valence-corrected chi connectivity index (χ4v) is 5.34. The molecular formula is C18H22O2. The number of carbonyl (C=O) groups excluding carboxylic acids is 1. The van der Waals surface area contributed by atoms with Crippen molar-refractivity contribution < 1.29 is 9.90 Å². The molecule has 0 heterocycles. The zero-order chi connectivity index (χ0) is 13.9. The van der Waals surface area contributed by atoms with Crippen LogP contribution in [0.3, 0.4) is 0 Å². The van der Waals surface area contributed by atoms with Crippen LogP contribution in [0.1, 0.15) is 56.1 Å². The van der Waals surface area contributed by atoms with Crippen LogP contribution in [0, 0.1) is 17.3 Å². The van der Waals surface area contributed by atoms with Crippen LogP contribution in [0.5, 0.6) is 5.75 Å². The molecule has 0 aliphatic heterocycles. The Morgan fingerprint density at radius 2 is 2.05 bits per heavy atom. The summed E-state index contributed by atoms with van der Waals surface area (Å²) in [7, 11) is 0. The van der Waals surface area contributed by atoms with Crippen molar-refractivity contribution in [2.75, 3.05) is 0 Å². The van der Waals surface area contributed by atoms with E-state index >= 15 is 0 Å². The first kappa shape index (κ1) is 12.4. The van der Waals surface area contributed by atoms with Crippen molar-refractivity contribution in [3.8, 4) is 5.75 Å². The summed E-state index contributed by atoms with van der Waals surface area (Å²) in [5.74, 6) is 2.78. The molecule has 3 aliphatic rings. The molecule has 0 bridgehead atoms. The zero-order valence-electron chi connectivity index (χ0n) is 12.1. The summed E-state index contributed by atoms with van der Waals surface area (Å²) in [6.45, 7) is 2.22. The number of fused-ring (bicyclic) bond motifs is 5. The van der Waals surface area contributed by atoms with Gasteiger partial charge in [-0.2, -0.15) is 0 Å². The van der Waals surface area contributed by atoms with Gasteiger partial charge in [0.05, 0.1) is 0 Å². The van der Waals surface area contributed by atoms with Crippen molar-refractivity contribution in [3.63, 3.8) is 0 Å². The Morgan fingerprint density at radius 1 is 1.20 bits per heavy atom. The van der Waals surface area contributed by atoms with E-state index in [-0.39, 0.29) is 5.41 Å². The van der Waals surface area contributed by atoms with Gasteiger partial charge >= 0.3 is 0 Å². The number of benzene rings is 1. The van der Waals surface area contributed by atoms with E-state index in [0.717, 1.165) is 32.1 Å². The van der Waals surface area contributed by atoms with Gasteiger partial charge in [0.2, 0.25) is 0 Å². The lowest BCUT2D eigenvalue weighted by Crippen LogP contribution is -2.42. The normalized spacial score (nSPS) is 39.0. The molecule has 4 rings (SSSR count). The van der Waals surface area contributed by atoms with Gasteiger partial charge in [-0.25, -0.2) is 0 Å². The summed E-state index contributed by atoms with van der Waals surface area (Å²) in [6, 6.07) is 5.90. The van der Waals surface area contributed by atoms with Crippen LogP contribution in [-0.2, 0) is 11.2 Å². The quantitative estimate of drug-likeness (QED) is 0.778. The maximum atomic E-state index is 12.3. The third-order valence-corrected chi connectivity index (χ3v) is 6.42. The Morgan fingerprint density at radius 3 is 2.90 bits per heavy atom. The first-order valence-electron chi connectivity index (χ1n) is 7.95. The Labute approximate surface area is 120 Å². The number of Topliss-reactive ketones (excluding diaryl/α,β-unsaturated/α-hetero) is 1. The SMILES string of the molecule is C[C@@]12CC[C@@H]3c4ccc(O)cc4CC[C@H]3[C@@H]1CCC2=O. The minimum Gasteiger partial charge on any atom is -0.508 e. The largest absolute Gasteiger partial charge is 0.508 e. The predicted molar refractivity (Wildman–Crippen MR) is 77.7 cm³/mol. The number of phenolic OH excluding ortho intramolecular Hbond substituents is 1. The molecule has 106 valence electrons. The van der Waals surface area contributed by atoms with Crippen LogP contribution in [-0.4, -0.2) is 10.9 Å². The smallest absolute Gasteiger partial charge is 0.139 e. The van der Waals surface area contributed by atoms with E-state index in [2.05, 4.69) is 13.0 Å². The molecule has 2 saturated carbocycles. The van der Waals surface area contributed by atoms with Crippen LogP contribution in [0.2, 0.25) is 0 Å². The summed E-state index contributed by atoms with van der Waals surface area (Å²) in [5, 5.41) is 9.67. The maximum absolute atomic E-state index is 12.3. The lowest BCUT2D eigenvalue weighted by Gasteiger charge is -2.48. The number of carbonyl (C=O) groups is 1. The average Bonchev–Trinajstić information content (AvgIpc) is 2.74. The zero-order valence-corrected chi connectivity index (χ0v) is 12.1. The molecule has 0 unspecified atom stereocenters. The molecule has 1 N–H and O–H groups in total. The van der Waals surface area contributed by atoms with Crippen LogP contribution >= 0.6 is 0 Å². The van der Waals surface area contributed by atoms with Crippen molar-refractivity contribution in [1.82, 2.24) is 0 Å². The topological polar surface area (TPSA) is 37.3 Å². The second kappa shape index (κ2) is 4.09. The van der Waals surface area contributed by atoms with Crippen LogP contribution in [0.4, 0.5) is 0 Å². The predicted octanol–water partition coefficient (Wildman–Crippen LogP) is 3.82. The minimum atomic E-state index is -0.0322. The molecule has 0 spiro atoms. The fraction of sp³-hybridized carbons (Fsp3) is 0.611. The molecule has 2 heteroatoms. The number of aryl methyl sites for hydroxylation is 1. The number of hydrogen-bond acceptors (Lipinski definition) is 2. The van der Waals surface area contributed by atoms with Gasteiger partial charge in [-0.15, -0.1) is 0 Å². The first-order valence-corrected chi connectivity index (χ1v) is 7.95. The van der Waals surface area contributed by atoms with Gasteiger partial charge < -0.3 is 5.11 Å². The highest BCUT2D eigenvalue weighted by Crippen LogP contribution is 2.59. The Hall–Kier alpha value is -1.31. The summed E-state index contributed by atoms with van der Waals surface area (Å²) in [4.78, 5) is 12.3. The van der Waals surface area contributed by atoms with E-state index in [1.807, 2.05) is 12.1 Å². The fourth-order valence-electron chi connectivity index (χ4n) is 5.34. The molecule has 2 nitrogen and oxygen atoms in total. The molecule has 0 amide bonds. The number of rotatable bonds is 0. The summed E-state index contributed by atoms with van der Waals surface area (Å²) in [6.07, 6.45) is 6.34. The van der Waals surface area contributed by atoms with E-state index in [1.54, 1.807) is 0 Å².